The summed E-state index contributed by atoms with van der Waals surface area (Å²) < 4.78 is 0.980. The number of anilines is 2. The number of aromatic nitrogens is 2. The van der Waals surface area contributed by atoms with Gasteiger partial charge in [-0.05, 0) is 43.4 Å². The van der Waals surface area contributed by atoms with Crippen LogP contribution < -0.4 is 15.5 Å². The number of nitrogens with zero attached hydrogens (tertiary/aromatic N) is 3. The second kappa shape index (κ2) is 9.17. The van der Waals surface area contributed by atoms with Crippen LogP contribution in [0.5, 0.6) is 0 Å². The molecule has 0 atom stereocenters. The molecule has 6 nitrogen and oxygen atoms in total. The van der Waals surface area contributed by atoms with Gasteiger partial charge in [-0.15, -0.1) is 0 Å². The summed E-state index contributed by atoms with van der Waals surface area (Å²) in [7, 11) is 3.93. The molecule has 27 heavy (non-hydrogen) atoms. The molecule has 0 bridgehead atoms. The van der Waals surface area contributed by atoms with Crippen molar-refractivity contribution in [3.05, 3.63) is 46.6 Å². The molecule has 1 fully saturated rings. The summed E-state index contributed by atoms with van der Waals surface area (Å²) in [5.74, 6) is 1.64. The highest BCUT2D eigenvalue weighted by Gasteiger charge is 2.23. The topological polar surface area (TPSA) is 70.2 Å². The first-order chi connectivity index (χ1) is 13.0. The Morgan fingerprint density at radius 2 is 1.85 bits per heavy atom. The molecule has 1 heterocycles. The van der Waals surface area contributed by atoms with Crippen LogP contribution in [0.1, 0.15) is 31.2 Å². The van der Waals surface area contributed by atoms with Gasteiger partial charge in [-0.1, -0.05) is 34.1 Å². The fourth-order valence-electron chi connectivity index (χ4n) is 3.33. The molecule has 0 unspecified atom stereocenters. The van der Waals surface area contributed by atoms with Gasteiger partial charge >= 0.3 is 0 Å². The highest BCUT2D eigenvalue weighted by Crippen LogP contribution is 2.22. The number of amides is 1. The lowest BCUT2D eigenvalue weighted by atomic mass is 9.91. The molecule has 2 aromatic rings. The Morgan fingerprint density at radius 3 is 2.56 bits per heavy atom. The van der Waals surface area contributed by atoms with Crippen molar-refractivity contribution < 1.29 is 4.79 Å². The summed E-state index contributed by atoms with van der Waals surface area (Å²) in [5.41, 5.74) is 1.02. The number of rotatable bonds is 6. The molecule has 1 aliphatic carbocycles. The van der Waals surface area contributed by atoms with Crippen molar-refractivity contribution in [2.75, 3.05) is 24.3 Å². The zero-order valence-electron chi connectivity index (χ0n) is 15.8. The van der Waals surface area contributed by atoms with Crippen LogP contribution in [0, 0.1) is 0 Å². The second-order valence-corrected chi connectivity index (χ2v) is 8.02. The van der Waals surface area contributed by atoms with Gasteiger partial charge in [0.15, 0.2) is 0 Å². The SMILES string of the molecule is CN(C)c1ccnc(N[C@H]2CC[C@@H](NC(=O)Cc3ccccc3Br)CC2)n1. The van der Waals surface area contributed by atoms with E-state index in [0.29, 0.717) is 18.4 Å². The van der Waals surface area contributed by atoms with E-state index in [2.05, 4.69) is 36.5 Å². The molecule has 1 saturated carbocycles. The largest absolute Gasteiger partial charge is 0.363 e. The van der Waals surface area contributed by atoms with Gasteiger partial charge in [0.1, 0.15) is 5.82 Å². The third-order valence-corrected chi connectivity index (χ3v) is 5.61. The predicted molar refractivity (Wildman–Crippen MR) is 112 cm³/mol. The summed E-state index contributed by atoms with van der Waals surface area (Å²) in [6.45, 7) is 0. The Morgan fingerprint density at radius 1 is 1.15 bits per heavy atom. The van der Waals surface area contributed by atoms with Crippen LogP contribution in [0.4, 0.5) is 11.8 Å². The van der Waals surface area contributed by atoms with Crippen LogP contribution in [0.15, 0.2) is 41.0 Å². The lowest BCUT2D eigenvalue weighted by molar-refractivity contribution is -0.121. The van der Waals surface area contributed by atoms with Crippen LogP contribution in [0.25, 0.3) is 0 Å². The average Bonchev–Trinajstić information content (AvgIpc) is 2.65. The molecule has 0 radical (unpaired) electrons. The lowest BCUT2D eigenvalue weighted by Crippen LogP contribution is -2.41. The van der Waals surface area contributed by atoms with Crippen molar-refractivity contribution in [1.82, 2.24) is 15.3 Å². The summed E-state index contributed by atoms with van der Waals surface area (Å²) >= 11 is 3.50. The maximum absolute atomic E-state index is 12.3. The fraction of sp³-hybridized carbons (Fsp3) is 0.450. The smallest absolute Gasteiger partial charge is 0.224 e. The summed E-state index contributed by atoms with van der Waals surface area (Å²) in [4.78, 5) is 23.1. The van der Waals surface area contributed by atoms with Crippen molar-refractivity contribution in [2.45, 2.75) is 44.2 Å². The van der Waals surface area contributed by atoms with Crippen molar-refractivity contribution in [1.29, 1.82) is 0 Å². The maximum Gasteiger partial charge on any atom is 0.224 e. The molecular weight excluding hydrogens is 406 g/mol. The Labute approximate surface area is 168 Å². The van der Waals surface area contributed by atoms with Crippen LogP contribution >= 0.6 is 15.9 Å². The molecule has 0 aliphatic heterocycles. The van der Waals surface area contributed by atoms with Gasteiger partial charge < -0.3 is 15.5 Å². The van der Waals surface area contributed by atoms with E-state index >= 15 is 0 Å². The van der Waals surface area contributed by atoms with Gasteiger partial charge in [-0.25, -0.2) is 4.98 Å². The summed E-state index contributed by atoms with van der Waals surface area (Å²) in [6.07, 6.45) is 6.10. The molecule has 2 N–H and O–H groups in total. The number of halogens is 1. The minimum absolute atomic E-state index is 0.0836. The van der Waals surface area contributed by atoms with Gasteiger partial charge in [-0.2, -0.15) is 4.98 Å². The molecule has 0 saturated heterocycles. The lowest BCUT2D eigenvalue weighted by Gasteiger charge is -2.29. The van der Waals surface area contributed by atoms with E-state index in [4.69, 9.17) is 0 Å². The Bertz CT molecular complexity index is 774. The molecule has 3 rings (SSSR count). The van der Waals surface area contributed by atoms with Crippen molar-refractivity contribution in [3.8, 4) is 0 Å². The standard InChI is InChI=1S/C20H26BrN5O/c1-26(2)18-11-12-22-20(25-18)24-16-9-7-15(8-10-16)23-19(27)13-14-5-3-4-6-17(14)21/h3-6,11-12,15-16H,7-10,13H2,1-2H3,(H,23,27)(H,22,24,25)/t15-,16+. The Balaban J connectivity index is 1.45. The average molecular weight is 432 g/mol. The van der Waals surface area contributed by atoms with E-state index in [1.807, 2.05) is 49.3 Å². The molecule has 1 aliphatic rings. The summed E-state index contributed by atoms with van der Waals surface area (Å²) in [5, 5.41) is 6.61. The van der Waals surface area contributed by atoms with Crippen molar-refractivity contribution >= 4 is 33.6 Å². The number of hydrogen-bond acceptors (Lipinski definition) is 5. The molecule has 1 aromatic carbocycles. The molecular formula is C20H26BrN5O. The third kappa shape index (κ3) is 5.66. The molecule has 0 spiro atoms. The van der Waals surface area contributed by atoms with E-state index in [0.717, 1.165) is 41.5 Å². The second-order valence-electron chi connectivity index (χ2n) is 7.16. The number of nitrogens with one attached hydrogen (secondary N) is 2. The van der Waals surface area contributed by atoms with Gasteiger partial charge in [0.05, 0.1) is 6.42 Å². The summed E-state index contributed by atoms with van der Waals surface area (Å²) in [6, 6.07) is 10.3. The third-order valence-electron chi connectivity index (χ3n) is 4.83. The van der Waals surface area contributed by atoms with E-state index in [1.165, 1.54) is 0 Å². The van der Waals surface area contributed by atoms with E-state index in [-0.39, 0.29) is 11.9 Å². The first kappa shape index (κ1) is 19.6. The number of hydrogen-bond donors (Lipinski definition) is 2. The molecule has 144 valence electrons. The first-order valence-electron chi connectivity index (χ1n) is 9.31. The predicted octanol–water partition coefficient (Wildman–Crippen LogP) is 3.39. The normalized spacial score (nSPS) is 19.4. The minimum Gasteiger partial charge on any atom is -0.363 e. The molecule has 1 amide bonds. The van der Waals surface area contributed by atoms with E-state index < -0.39 is 0 Å². The van der Waals surface area contributed by atoms with E-state index in [1.54, 1.807) is 6.20 Å². The van der Waals surface area contributed by atoms with Gasteiger partial charge in [-0.3, -0.25) is 4.79 Å². The molecule has 7 heteroatoms. The highest BCUT2D eigenvalue weighted by molar-refractivity contribution is 9.10. The maximum atomic E-state index is 12.3. The van der Waals surface area contributed by atoms with Gasteiger partial charge in [0.25, 0.3) is 0 Å². The Kier molecular flexibility index (Phi) is 6.66. The zero-order chi connectivity index (χ0) is 19.2. The Hall–Kier alpha value is -2.15. The zero-order valence-corrected chi connectivity index (χ0v) is 17.4. The van der Waals surface area contributed by atoms with Gasteiger partial charge in [0, 0.05) is 36.8 Å². The highest BCUT2D eigenvalue weighted by atomic mass is 79.9. The molecule has 1 aromatic heterocycles. The van der Waals surface area contributed by atoms with Crippen LogP contribution in [-0.4, -0.2) is 42.1 Å². The minimum atomic E-state index is 0.0836. The van der Waals surface area contributed by atoms with Crippen LogP contribution in [0.3, 0.4) is 0 Å². The number of benzene rings is 1. The van der Waals surface area contributed by atoms with E-state index in [9.17, 15) is 4.79 Å². The van der Waals surface area contributed by atoms with Crippen LogP contribution in [-0.2, 0) is 11.2 Å². The van der Waals surface area contributed by atoms with Crippen molar-refractivity contribution in [2.24, 2.45) is 0 Å². The number of carbonyl (C=O) groups is 1. The quantitative estimate of drug-likeness (QED) is 0.733. The van der Waals surface area contributed by atoms with Gasteiger partial charge in [0.2, 0.25) is 11.9 Å². The van der Waals surface area contributed by atoms with Crippen molar-refractivity contribution in [3.63, 3.8) is 0 Å². The number of carbonyl (C=O) groups excluding carboxylic acids is 1. The first-order valence-corrected chi connectivity index (χ1v) is 10.1. The monoisotopic (exact) mass is 431 g/mol. The van der Waals surface area contributed by atoms with Crippen LogP contribution in [0.2, 0.25) is 0 Å². The fourth-order valence-corrected chi connectivity index (χ4v) is 3.75.